The van der Waals surface area contributed by atoms with Crippen LogP contribution < -0.4 is 10.6 Å². The highest BCUT2D eigenvalue weighted by Crippen LogP contribution is 2.22. The van der Waals surface area contributed by atoms with E-state index in [2.05, 4.69) is 29.5 Å². The first-order chi connectivity index (χ1) is 9.56. The van der Waals surface area contributed by atoms with E-state index in [1.807, 2.05) is 0 Å². The van der Waals surface area contributed by atoms with E-state index in [0.717, 1.165) is 11.5 Å². The van der Waals surface area contributed by atoms with E-state index in [9.17, 15) is 9.18 Å². The molecule has 2 aromatic rings. The molecule has 0 aliphatic heterocycles. The number of carbonyl (C=O) groups is 1. The second-order valence-electron chi connectivity index (χ2n) is 4.77. The molecule has 1 heterocycles. The van der Waals surface area contributed by atoms with Gasteiger partial charge in [-0.15, -0.1) is 11.3 Å². The van der Waals surface area contributed by atoms with Gasteiger partial charge >= 0.3 is 0 Å². The number of anilines is 2. The van der Waals surface area contributed by atoms with Gasteiger partial charge in [-0.25, -0.2) is 9.37 Å². The van der Waals surface area contributed by atoms with Gasteiger partial charge in [-0.2, -0.15) is 0 Å². The fourth-order valence-corrected chi connectivity index (χ4v) is 2.27. The number of rotatable bonds is 5. The molecule has 1 aromatic carbocycles. The molecule has 0 aliphatic rings. The van der Waals surface area contributed by atoms with Crippen molar-refractivity contribution in [3.63, 3.8) is 0 Å². The van der Waals surface area contributed by atoms with Gasteiger partial charge in [0, 0.05) is 12.2 Å². The minimum Gasteiger partial charge on any atom is -0.375 e. The first kappa shape index (κ1) is 14.5. The Morgan fingerprint density at radius 3 is 2.95 bits per heavy atom. The third-order valence-electron chi connectivity index (χ3n) is 2.54. The number of amides is 1. The Morgan fingerprint density at radius 2 is 2.25 bits per heavy atom. The number of nitrogens with one attached hydrogen (secondary N) is 2. The largest absolute Gasteiger partial charge is 0.375 e. The zero-order chi connectivity index (χ0) is 14.5. The molecule has 106 valence electrons. The highest BCUT2D eigenvalue weighted by atomic mass is 32.1. The van der Waals surface area contributed by atoms with Gasteiger partial charge in [0.25, 0.3) is 5.91 Å². The summed E-state index contributed by atoms with van der Waals surface area (Å²) in [6.45, 7) is 4.93. The van der Waals surface area contributed by atoms with Crippen LogP contribution in [0.5, 0.6) is 0 Å². The highest BCUT2D eigenvalue weighted by molar-refractivity contribution is 7.14. The van der Waals surface area contributed by atoms with Crippen LogP contribution in [0, 0.1) is 11.7 Å². The lowest BCUT2D eigenvalue weighted by molar-refractivity contribution is 0.102. The van der Waals surface area contributed by atoms with Crippen LogP contribution in [0.25, 0.3) is 0 Å². The molecule has 0 atom stereocenters. The molecular weight excluding hydrogens is 277 g/mol. The maximum atomic E-state index is 13.1. The Hall–Kier alpha value is -1.95. The van der Waals surface area contributed by atoms with Crippen molar-refractivity contribution in [1.82, 2.24) is 4.98 Å². The van der Waals surface area contributed by atoms with E-state index in [0.29, 0.717) is 17.3 Å². The van der Waals surface area contributed by atoms with Gasteiger partial charge in [0.15, 0.2) is 5.69 Å². The summed E-state index contributed by atoms with van der Waals surface area (Å²) in [5, 5.41) is 6.56. The molecule has 0 saturated carbocycles. The lowest BCUT2D eigenvalue weighted by Crippen LogP contribution is -2.16. The van der Waals surface area contributed by atoms with E-state index < -0.39 is 0 Å². The van der Waals surface area contributed by atoms with Gasteiger partial charge < -0.3 is 10.6 Å². The fraction of sp³-hybridized carbons (Fsp3) is 0.286. The smallest absolute Gasteiger partial charge is 0.277 e. The van der Waals surface area contributed by atoms with Gasteiger partial charge in [-0.3, -0.25) is 4.79 Å². The van der Waals surface area contributed by atoms with Crippen LogP contribution in [0.2, 0.25) is 0 Å². The minimum absolute atomic E-state index is 0.333. The third kappa shape index (κ3) is 3.77. The first-order valence-corrected chi connectivity index (χ1v) is 7.18. The van der Waals surface area contributed by atoms with Crippen LogP contribution in [0.1, 0.15) is 24.3 Å². The molecular formula is C14H16FN3OS. The standard InChI is InChI=1S/C14H16FN3OS/c1-9(2)7-16-14-12(17-8-20-14)13(19)18-11-5-3-4-10(15)6-11/h3-6,8-9,16H,7H2,1-2H3,(H,18,19). The van der Waals surface area contributed by atoms with E-state index >= 15 is 0 Å². The topological polar surface area (TPSA) is 54.0 Å². The molecule has 0 aliphatic carbocycles. The zero-order valence-electron chi connectivity index (χ0n) is 11.3. The van der Waals surface area contributed by atoms with Crippen molar-refractivity contribution in [2.24, 2.45) is 5.92 Å². The first-order valence-electron chi connectivity index (χ1n) is 6.30. The molecule has 1 amide bonds. The van der Waals surface area contributed by atoms with Crippen LogP contribution in [0.15, 0.2) is 29.8 Å². The number of nitrogens with zero attached hydrogens (tertiary/aromatic N) is 1. The Morgan fingerprint density at radius 1 is 1.45 bits per heavy atom. The number of carbonyl (C=O) groups excluding carboxylic acids is 1. The Labute approximate surface area is 121 Å². The van der Waals surface area contributed by atoms with Gasteiger partial charge in [-0.05, 0) is 24.1 Å². The Balaban J connectivity index is 2.08. The van der Waals surface area contributed by atoms with Crippen molar-refractivity contribution in [2.45, 2.75) is 13.8 Å². The van der Waals surface area contributed by atoms with Gasteiger partial charge in [-0.1, -0.05) is 19.9 Å². The fourth-order valence-electron chi connectivity index (χ4n) is 1.59. The van der Waals surface area contributed by atoms with E-state index in [4.69, 9.17) is 0 Å². The summed E-state index contributed by atoms with van der Waals surface area (Å²) in [5.74, 6) is -0.265. The van der Waals surface area contributed by atoms with Gasteiger partial charge in [0.05, 0.1) is 5.51 Å². The predicted octanol–water partition coefficient (Wildman–Crippen LogP) is 3.60. The molecule has 2 N–H and O–H groups in total. The maximum Gasteiger partial charge on any atom is 0.277 e. The van der Waals surface area contributed by atoms with Crippen molar-refractivity contribution < 1.29 is 9.18 Å². The van der Waals surface area contributed by atoms with Crippen LogP contribution in [-0.4, -0.2) is 17.4 Å². The summed E-state index contributed by atoms with van der Waals surface area (Å²) in [4.78, 5) is 16.2. The Kier molecular flexibility index (Phi) is 4.68. The number of aromatic nitrogens is 1. The van der Waals surface area contributed by atoms with E-state index in [-0.39, 0.29) is 11.7 Å². The summed E-state index contributed by atoms with van der Waals surface area (Å²) in [6.07, 6.45) is 0. The molecule has 0 spiro atoms. The predicted molar refractivity (Wildman–Crippen MR) is 79.8 cm³/mol. The Bertz CT molecular complexity index is 598. The van der Waals surface area contributed by atoms with Crippen molar-refractivity contribution in [1.29, 1.82) is 0 Å². The van der Waals surface area contributed by atoms with E-state index in [1.165, 1.54) is 23.5 Å². The second kappa shape index (κ2) is 6.47. The molecule has 0 bridgehead atoms. The normalized spacial score (nSPS) is 10.6. The number of halogens is 1. The van der Waals surface area contributed by atoms with Crippen LogP contribution in [0.3, 0.4) is 0 Å². The number of thiazole rings is 1. The summed E-state index contributed by atoms with van der Waals surface area (Å²) in [5.41, 5.74) is 2.36. The third-order valence-corrected chi connectivity index (χ3v) is 3.32. The maximum absolute atomic E-state index is 13.1. The monoisotopic (exact) mass is 293 g/mol. The van der Waals surface area contributed by atoms with Crippen LogP contribution in [0.4, 0.5) is 15.1 Å². The highest BCUT2D eigenvalue weighted by Gasteiger charge is 2.15. The summed E-state index contributed by atoms with van der Waals surface area (Å²) in [6, 6.07) is 5.78. The number of hydrogen-bond donors (Lipinski definition) is 2. The number of hydrogen-bond acceptors (Lipinski definition) is 4. The lowest BCUT2D eigenvalue weighted by Gasteiger charge is -2.09. The molecule has 0 radical (unpaired) electrons. The quantitative estimate of drug-likeness (QED) is 0.885. The molecule has 0 fully saturated rings. The SMILES string of the molecule is CC(C)CNc1scnc1C(=O)Nc1cccc(F)c1. The average Bonchev–Trinajstić information content (AvgIpc) is 2.84. The molecule has 20 heavy (non-hydrogen) atoms. The zero-order valence-corrected chi connectivity index (χ0v) is 12.1. The molecule has 2 rings (SSSR count). The molecule has 6 heteroatoms. The van der Waals surface area contributed by atoms with Crippen LogP contribution >= 0.6 is 11.3 Å². The van der Waals surface area contributed by atoms with Crippen molar-refractivity contribution in [3.05, 3.63) is 41.3 Å². The van der Waals surface area contributed by atoms with Crippen molar-refractivity contribution in [3.8, 4) is 0 Å². The summed E-state index contributed by atoms with van der Waals surface area (Å²) < 4.78 is 13.1. The van der Waals surface area contributed by atoms with Gasteiger partial charge in [0.2, 0.25) is 0 Å². The molecule has 1 aromatic heterocycles. The summed E-state index contributed by atoms with van der Waals surface area (Å²) >= 11 is 1.38. The molecule has 0 unspecified atom stereocenters. The van der Waals surface area contributed by atoms with Crippen molar-refractivity contribution >= 4 is 27.9 Å². The van der Waals surface area contributed by atoms with Gasteiger partial charge in [0.1, 0.15) is 10.8 Å². The van der Waals surface area contributed by atoms with Crippen LogP contribution in [-0.2, 0) is 0 Å². The summed E-state index contributed by atoms with van der Waals surface area (Å²) in [7, 11) is 0. The minimum atomic E-state index is -0.390. The lowest BCUT2D eigenvalue weighted by atomic mass is 10.2. The van der Waals surface area contributed by atoms with E-state index in [1.54, 1.807) is 17.6 Å². The molecule has 0 saturated heterocycles. The second-order valence-corrected chi connectivity index (χ2v) is 5.62. The van der Waals surface area contributed by atoms with Crippen molar-refractivity contribution in [2.75, 3.05) is 17.2 Å². The number of benzene rings is 1. The molecule has 4 nitrogen and oxygen atoms in total. The average molecular weight is 293 g/mol.